The molecule has 0 radical (unpaired) electrons. The number of piperidine rings is 1. The van der Waals surface area contributed by atoms with Gasteiger partial charge in [-0.25, -0.2) is 23.1 Å². The van der Waals surface area contributed by atoms with Crippen LogP contribution in [0.5, 0.6) is 11.5 Å². The second-order valence-electron chi connectivity index (χ2n) is 10.7. The lowest BCUT2D eigenvalue weighted by atomic mass is 9.96. The molecule has 0 aliphatic carbocycles. The van der Waals surface area contributed by atoms with Gasteiger partial charge in [0, 0.05) is 12.2 Å². The monoisotopic (exact) mass is 533 g/mol. The Morgan fingerprint density at radius 2 is 1.95 bits per heavy atom. The van der Waals surface area contributed by atoms with Crippen molar-refractivity contribution in [3.63, 3.8) is 0 Å². The molecule has 1 saturated heterocycles. The summed E-state index contributed by atoms with van der Waals surface area (Å²) in [4.78, 5) is 29.6. The van der Waals surface area contributed by atoms with Crippen molar-refractivity contribution in [2.24, 2.45) is 0 Å². The smallest absolute Gasteiger partial charge is 0.355 e. The first-order valence-corrected chi connectivity index (χ1v) is 13.2. The predicted octanol–water partition coefficient (Wildman–Crippen LogP) is 5.40. The minimum Gasteiger partial charge on any atom is -0.507 e. The molecule has 202 valence electrons. The summed E-state index contributed by atoms with van der Waals surface area (Å²) < 4.78 is 38.8. The van der Waals surface area contributed by atoms with Gasteiger partial charge in [0.15, 0.2) is 17.2 Å². The number of phenolic OH excluding ortho intramolecular Hbond substituents is 1. The molecule has 0 bridgehead atoms. The molecule has 1 aromatic carbocycles. The van der Waals surface area contributed by atoms with Crippen LogP contribution >= 0.6 is 0 Å². The number of phenols is 1. The number of aryl methyl sites for hydroxylation is 1. The summed E-state index contributed by atoms with van der Waals surface area (Å²) in [5.41, 5.74) is 0.469. The third-order valence-corrected chi connectivity index (χ3v) is 7.75. The van der Waals surface area contributed by atoms with Gasteiger partial charge in [-0.05, 0) is 62.8 Å². The first-order valence-electron chi connectivity index (χ1n) is 13.2. The van der Waals surface area contributed by atoms with E-state index < -0.39 is 34.3 Å². The third kappa shape index (κ3) is 3.84. The maximum absolute atomic E-state index is 16.3. The van der Waals surface area contributed by atoms with Crippen molar-refractivity contribution in [1.82, 2.24) is 19.5 Å². The minimum absolute atomic E-state index is 0.0361. The maximum atomic E-state index is 16.3. The van der Waals surface area contributed by atoms with Gasteiger partial charge in [0.25, 0.3) is 0 Å². The molecular weight excluding hydrogens is 504 g/mol. The van der Waals surface area contributed by atoms with Gasteiger partial charge in [-0.3, -0.25) is 4.98 Å². The van der Waals surface area contributed by atoms with Crippen LogP contribution in [0, 0.1) is 18.6 Å². The van der Waals surface area contributed by atoms with Gasteiger partial charge in [0.05, 0.1) is 23.0 Å². The number of hydrogen-bond donors (Lipinski definition) is 1. The highest BCUT2D eigenvalue weighted by Gasteiger charge is 2.38. The largest absolute Gasteiger partial charge is 0.507 e. The molecule has 10 heteroatoms. The van der Waals surface area contributed by atoms with E-state index in [1.165, 1.54) is 16.7 Å². The lowest BCUT2D eigenvalue weighted by Crippen LogP contribution is -2.48. The number of fused-ring (bicyclic) bond motifs is 2. The molecule has 2 aliphatic heterocycles. The Balaban J connectivity index is 1.81. The van der Waals surface area contributed by atoms with E-state index in [0.29, 0.717) is 17.2 Å². The average molecular weight is 534 g/mol. The van der Waals surface area contributed by atoms with Gasteiger partial charge < -0.3 is 14.7 Å². The molecule has 0 unspecified atom stereocenters. The van der Waals surface area contributed by atoms with Crippen molar-refractivity contribution in [3.8, 4) is 28.4 Å². The van der Waals surface area contributed by atoms with E-state index in [2.05, 4.69) is 15.0 Å². The molecule has 2 atom stereocenters. The van der Waals surface area contributed by atoms with Gasteiger partial charge in [-0.2, -0.15) is 4.98 Å². The van der Waals surface area contributed by atoms with Crippen molar-refractivity contribution < 1.29 is 18.6 Å². The molecule has 0 spiro atoms. The predicted molar refractivity (Wildman–Crippen MR) is 144 cm³/mol. The highest BCUT2D eigenvalue weighted by Crippen LogP contribution is 2.45. The number of hydrogen-bond acceptors (Lipinski definition) is 7. The topological polar surface area (TPSA) is 93.4 Å². The van der Waals surface area contributed by atoms with E-state index >= 15 is 8.78 Å². The second-order valence-corrected chi connectivity index (χ2v) is 10.7. The molecule has 5 heterocycles. The highest BCUT2D eigenvalue weighted by atomic mass is 19.1. The lowest BCUT2D eigenvalue weighted by Gasteiger charge is -2.40. The van der Waals surface area contributed by atoms with Gasteiger partial charge in [0.1, 0.15) is 35.1 Å². The van der Waals surface area contributed by atoms with E-state index in [0.717, 1.165) is 30.9 Å². The molecule has 6 rings (SSSR count). The van der Waals surface area contributed by atoms with E-state index in [1.54, 1.807) is 12.3 Å². The van der Waals surface area contributed by atoms with Crippen molar-refractivity contribution in [2.75, 3.05) is 11.5 Å². The number of benzene rings is 1. The number of halogens is 2. The van der Waals surface area contributed by atoms with Gasteiger partial charge in [-0.15, -0.1) is 0 Å². The quantitative estimate of drug-likeness (QED) is 0.377. The fourth-order valence-electron chi connectivity index (χ4n) is 5.91. The summed E-state index contributed by atoms with van der Waals surface area (Å²) >= 11 is 0. The van der Waals surface area contributed by atoms with Crippen LogP contribution in [0.1, 0.15) is 57.2 Å². The Labute approximate surface area is 223 Å². The van der Waals surface area contributed by atoms with Crippen LogP contribution < -0.4 is 15.3 Å². The number of aromatic nitrogens is 4. The maximum Gasteiger partial charge on any atom is 0.355 e. The number of pyridine rings is 2. The van der Waals surface area contributed by atoms with Crippen LogP contribution in [0.3, 0.4) is 0 Å². The van der Waals surface area contributed by atoms with Crippen molar-refractivity contribution >= 4 is 16.9 Å². The minimum atomic E-state index is -0.921. The molecule has 2 aliphatic rings. The Kier molecular flexibility index (Phi) is 6.00. The lowest BCUT2D eigenvalue weighted by molar-refractivity contribution is 0.246. The molecule has 4 aromatic rings. The van der Waals surface area contributed by atoms with Crippen LogP contribution in [0.4, 0.5) is 14.6 Å². The second kappa shape index (κ2) is 9.29. The van der Waals surface area contributed by atoms with Gasteiger partial charge in [-0.1, -0.05) is 19.9 Å². The summed E-state index contributed by atoms with van der Waals surface area (Å²) in [7, 11) is 0. The standard InChI is InChI=1S/C29H29F2N5O3/c1-14(2)23-25(15(3)11-12-32-23)36-27-21-26(22(31)24(33-27)20-18(30)9-6-10-19(20)37)39-13-17-8-5-7-16(4)35(17)28(21)34-29(36)38/h6,9-12,14,16-17,37H,5,7-8,13H2,1-4H3/t16-,17+/m0/s1. The first kappa shape index (κ1) is 25.2. The number of nitrogens with zero attached hydrogens (tertiary/aromatic N) is 5. The van der Waals surface area contributed by atoms with Crippen LogP contribution in [-0.4, -0.2) is 43.3 Å². The zero-order valence-electron chi connectivity index (χ0n) is 22.2. The molecular formula is C29H29F2N5O3. The fraction of sp³-hybridized carbons (Fsp3) is 0.379. The van der Waals surface area contributed by atoms with Gasteiger partial charge >= 0.3 is 5.69 Å². The first-order chi connectivity index (χ1) is 18.7. The van der Waals surface area contributed by atoms with Crippen molar-refractivity contribution in [3.05, 3.63) is 63.8 Å². The van der Waals surface area contributed by atoms with Crippen LogP contribution in [-0.2, 0) is 0 Å². The van der Waals surface area contributed by atoms with Crippen molar-refractivity contribution in [1.29, 1.82) is 0 Å². The average Bonchev–Trinajstić information content (AvgIpc) is 3.05. The third-order valence-electron chi connectivity index (χ3n) is 7.75. The highest BCUT2D eigenvalue weighted by molar-refractivity contribution is 5.97. The Morgan fingerprint density at radius 3 is 2.69 bits per heavy atom. The van der Waals surface area contributed by atoms with E-state index in [9.17, 15) is 9.90 Å². The summed E-state index contributed by atoms with van der Waals surface area (Å²) in [5.74, 6) is -2.17. The Bertz CT molecular complexity index is 1670. The number of ether oxygens (including phenoxy) is 1. The van der Waals surface area contributed by atoms with E-state index in [4.69, 9.17) is 4.74 Å². The zero-order chi connectivity index (χ0) is 27.6. The number of rotatable bonds is 3. The molecule has 1 fully saturated rings. The summed E-state index contributed by atoms with van der Waals surface area (Å²) in [6, 6.07) is 5.39. The van der Waals surface area contributed by atoms with Gasteiger partial charge in [0.2, 0.25) is 0 Å². The van der Waals surface area contributed by atoms with Crippen molar-refractivity contribution in [2.45, 2.75) is 65.0 Å². The van der Waals surface area contributed by atoms with Crippen LogP contribution in [0.15, 0.2) is 35.3 Å². The summed E-state index contributed by atoms with van der Waals surface area (Å²) in [5, 5.41) is 10.8. The molecule has 0 amide bonds. The summed E-state index contributed by atoms with van der Waals surface area (Å²) in [6.45, 7) is 7.98. The molecule has 8 nitrogen and oxygen atoms in total. The molecule has 0 saturated carbocycles. The number of aromatic hydroxyl groups is 1. The van der Waals surface area contributed by atoms with E-state index in [-0.39, 0.29) is 41.4 Å². The summed E-state index contributed by atoms with van der Waals surface area (Å²) in [6.07, 6.45) is 4.31. The van der Waals surface area contributed by atoms with E-state index in [1.807, 2.05) is 32.6 Å². The Morgan fingerprint density at radius 1 is 1.15 bits per heavy atom. The molecule has 3 aromatic heterocycles. The SMILES string of the molecule is Cc1ccnc(C(C)C)c1-n1c(=O)nc2c3c(c(F)c(-c4c(O)cccc4F)nc31)OC[C@H]1CCC[C@H](C)N21. The Hall–Kier alpha value is -4.08. The normalized spacial score (nSPS) is 18.7. The molecule has 1 N–H and O–H groups in total. The number of anilines is 1. The van der Waals surface area contributed by atoms with Crippen LogP contribution in [0.2, 0.25) is 0 Å². The molecule has 39 heavy (non-hydrogen) atoms. The zero-order valence-corrected chi connectivity index (χ0v) is 22.2. The fourth-order valence-corrected chi connectivity index (χ4v) is 5.91. The van der Waals surface area contributed by atoms with Crippen LogP contribution in [0.25, 0.3) is 28.0 Å².